The van der Waals surface area contributed by atoms with Gasteiger partial charge in [-0.15, -0.1) is 0 Å². The molecule has 2 aromatic rings. The number of aliphatic hydroxyl groups is 1. The summed E-state index contributed by atoms with van der Waals surface area (Å²) in [4.78, 5) is 29.5. The SMILES string of the molecule is COc1ccc(/C(O)=C2\C(=O)C(=O)N(CCN(C)C)[C@@H]2c2ccccc2OC)c(C)c1. The molecule has 1 aliphatic heterocycles. The smallest absolute Gasteiger partial charge is 0.295 e. The van der Waals surface area contributed by atoms with E-state index >= 15 is 0 Å². The number of aliphatic hydroxyl groups excluding tert-OH is 1. The average Bonchev–Trinajstić information content (AvgIpc) is 3.01. The van der Waals surface area contributed by atoms with Gasteiger partial charge in [-0.2, -0.15) is 0 Å². The van der Waals surface area contributed by atoms with Gasteiger partial charge in [0.15, 0.2) is 0 Å². The van der Waals surface area contributed by atoms with Crippen LogP contribution in [0.3, 0.4) is 0 Å². The van der Waals surface area contributed by atoms with Crippen molar-refractivity contribution in [2.45, 2.75) is 13.0 Å². The van der Waals surface area contributed by atoms with Crippen LogP contribution in [0, 0.1) is 6.92 Å². The van der Waals surface area contributed by atoms with Gasteiger partial charge in [0, 0.05) is 24.2 Å². The molecule has 1 N–H and O–H groups in total. The highest BCUT2D eigenvalue weighted by Crippen LogP contribution is 2.42. The molecule has 2 aromatic carbocycles. The lowest BCUT2D eigenvalue weighted by atomic mass is 9.93. The second kappa shape index (κ2) is 9.22. The van der Waals surface area contributed by atoms with E-state index in [1.165, 1.54) is 4.90 Å². The summed E-state index contributed by atoms with van der Waals surface area (Å²) in [7, 11) is 6.90. The van der Waals surface area contributed by atoms with Crippen molar-refractivity contribution in [2.24, 2.45) is 0 Å². The number of likely N-dealkylation sites (N-methyl/N-ethyl adjacent to an activating group) is 1. The molecule has 0 saturated carbocycles. The Balaban J connectivity index is 2.21. The molecule has 0 unspecified atom stereocenters. The molecule has 1 atom stereocenters. The fourth-order valence-corrected chi connectivity index (χ4v) is 3.81. The Morgan fingerprint density at radius 3 is 2.42 bits per heavy atom. The van der Waals surface area contributed by atoms with Crippen LogP contribution in [0.1, 0.15) is 22.7 Å². The van der Waals surface area contributed by atoms with E-state index < -0.39 is 17.7 Å². The molecule has 1 heterocycles. The summed E-state index contributed by atoms with van der Waals surface area (Å²) >= 11 is 0. The second-order valence-electron chi connectivity index (χ2n) is 7.72. The number of Topliss-reactive ketones (excluding diaryl/α,β-unsaturated/α-hetero) is 1. The Kier molecular flexibility index (Phi) is 6.65. The number of hydrogen-bond acceptors (Lipinski definition) is 6. The summed E-state index contributed by atoms with van der Waals surface area (Å²) in [5, 5.41) is 11.2. The van der Waals surface area contributed by atoms with Gasteiger partial charge < -0.3 is 24.4 Å². The van der Waals surface area contributed by atoms with Gasteiger partial charge in [-0.25, -0.2) is 0 Å². The third kappa shape index (κ3) is 4.27. The Labute approximate surface area is 182 Å². The Morgan fingerprint density at radius 1 is 1.10 bits per heavy atom. The molecule has 1 fully saturated rings. The normalized spacial score (nSPS) is 18.0. The van der Waals surface area contributed by atoms with Crippen molar-refractivity contribution < 1.29 is 24.2 Å². The minimum atomic E-state index is -0.752. The van der Waals surface area contributed by atoms with Crippen LogP contribution in [0.25, 0.3) is 5.76 Å². The fraction of sp³-hybridized carbons (Fsp3) is 0.333. The fourth-order valence-electron chi connectivity index (χ4n) is 3.81. The Hall–Kier alpha value is -3.32. The number of nitrogens with zero attached hydrogens (tertiary/aromatic N) is 2. The molecule has 0 spiro atoms. The number of rotatable bonds is 7. The zero-order valence-corrected chi connectivity index (χ0v) is 18.5. The van der Waals surface area contributed by atoms with Crippen LogP contribution in [0.2, 0.25) is 0 Å². The van der Waals surface area contributed by atoms with E-state index in [1.54, 1.807) is 38.5 Å². The van der Waals surface area contributed by atoms with Gasteiger partial charge in [-0.05, 0) is 50.8 Å². The van der Waals surface area contributed by atoms with Gasteiger partial charge in [-0.3, -0.25) is 9.59 Å². The van der Waals surface area contributed by atoms with Crippen molar-refractivity contribution >= 4 is 17.4 Å². The lowest BCUT2D eigenvalue weighted by Gasteiger charge is -2.27. The zero-order chi connectivity index (χ0) is 22.7. The number of para-hydroxylation sites is 1. The van der Waals surface area contributed by atoms with E-state index in [2.05, 4.69) is 0 Å². The molecular formula is C24H28N2O5. The number of carbonyl (C=O) groups excluding carboxylic acids is 2. The van der Waals surface area contributed by atoms with Crippen LogP contribution in [-0.4, -0.2) is 68.0 Å². The van der Waals surface area contributed by atoms with E-state index in [0.717, 1.165) is 5.56 Å². The van der Waals surface area contributed by atoms with Gasteiger partial charge in [0.05, 0.1) is 25.8 Å². The Bertz CT molecular complexity index is 1030. The standard InChI is InChI=1S/C24H28N2O5/c1-15-14-16(30-4)10-11-17(15)22(27)20-21(18-8-6-7-9-19(18)31-5)26(13-12-25(2)3)24(29)23(20)28/h6-11,14,21,27H,12-13H2,1-5H3/b22-20+/t21-/m1/s1. The summed E-state index contributed by atoms with van der Waals surface area (Å²) in [6.07, 6.45) is 0. The number of aryl methyl sites for hydroxylation is 1. The number of benzene rings is 2. The van der Waals surface area contributed by atoms with Crippen molar-refractivity contribution in [3.8, 4) is 11.5 Å². The molecule has 0 aliphatic carbocycles. The maximum atomic E-state index is 13.1. The number of ketones is 1. The summed E-state index contributed by atoms with van der Waals surface area (Å²) in [5.41, 5.74) is 1.92. The predicted octanol–water partition coefficient (Wildman–Crippen LogP) is 3.00. The first-order valence-corrected chi connectivity index (χ1v) is 10.0. The molecule has 7 heteroatoms. The highest BCUT2D eigenvalue weighted by atomic mass is 16.5. The van der Waals surface area contributed by atoms with E-state index in [9.17, 15) is 14.7 Å². The zero-order valence-electron chi connectivity index (χ0n) is 18.5. The number of hydrogen-bond donors (Lipinski definition) is 1. The molecular weight excluding hydrogens is 396 g/mol. The highest BCUT2D eigenvalue weighted by Gasteiger charge is 2.46. The number of amides is 1. The summed E-state index contributed by atoms with van der Waals surface area (Å²) in [6, 6.07) is 11.7. The van der Waals surface area contributed by atoms with E-state index in [-0.39, 0.29) is 11.3 Å². The molecule has 0 radical (unpaired) electrons. The van der Waals surface area contributed by atoms with Crippen molar-refractivity contribution in [3.63, 3.8) is 0 Å². The van der Waals surface area contributed by atoms with Gasteiger partial charge in [0.2, 0.25) is 0 Å². The monoisotopic (exact) mass is 424 g/mol. The van der Waals surface area contributed by atoms with Crippen molar-refractivity contribution in [1.29, 1.82) is 0 Å². The molecule has 7 nitrogen and oxygen atoms in total. The topological polar surface area (TPSA) is 79.3 Å². The second-order valence-corrected chi connectivity index (χ2v) is 7.72. The first kappa shape index (κ1) is 22.4. The van der Waals surface area contributed by atoms with Crippen LogP contribution in [-0.2, 0) is 9.59 Å². The maximum absolute atomic E-state index is 13.1. The lowest BCUT2D eigenvalue weighted by molar-refractivity contribution is -0.140. The van der Waals surface area contributed by atoms with Crippen LogP contribution >= 0.6 is 0 Å². The third-order valence-corrected chi connectivity index (χ3v) is 5.45. The van der Waals surface area contributed by atoms with Gasteiger partial charge in [-0.1, -0.05) is 18.2 Å². The molecule has 1 aliphatic rings. The third-order valence-electron chi connectivity index (χ3n) is 5.45. The molecule has 1 saturated heterocycles. The molecule has 0 bridgehead atoms. The molecule has 1 amide bonds. The number of carbonyl (C=O) groups is 2. The molecule has 164 valence electrons. The highest BCUT2D eigenvalue weighted by molar-refractivity contribution is 6.46. The van der Waals surface area contributed by atoms with Crippen LogP contribution < -0.4 is 9.47 Å². The Morgan fingerprint density at radius 2 is 1.81 bits per heavy atom. The van der Waals surface area contributed by atoms with E-state index in [1.807, 2.05) is 44.1 Å². The first-order valence-electron chi connectivity index (χ1n) is 10.0. The van der Waals surface area contributed by atoms with E-state index in [0.29, 0.717) is 35.7 Å². The van der Waals surface area contributed by atoms with Crippen LogP contribution in [0.15, 0.2) is 48.0 Å². The first-order chi connectivity index (χ1) is 14.8. The maximum Gasteiger partial charge on any atom is 0.295 e. The molecule has 31 heavy (non-hydrogen) atoms. The number of likely N-dealkylation sites (tertiary alicyclic amines) is 1. The van der Waals surface area contributed by atoms with Gasteiger partial charge >= 0.3 is 0 Å². The lowest BCUT2D eigenvalue weighted by Crippen LogP contribution is -2.35. The van der Waals surface area contributed by atoms with Crippen molar-refractivity contribution in [1.82, 2.24) is 9.80 Å². The average molecular weight is 424 g/mol. The predicted molar refractivity (Wildman–Crippen MR) is 118 cm³/mol. The van der Waals surface area contributed by atoms with E-state index in [4.69, 9.17) is 9.47 Å². The van der Waals surface area contributed by atoms with Gasteiger partial charge in [0.25, 0.3) is 11.7 Å². The minimum Gasteiger partial charge on any atom is -0.507 e. The van der Waals surface area contributed by atoms with Crippen LogP contribution in [0.4, 0.5) is 0 Å². The molecule has 3 rings (SSSR count). The summed E-state index contributed by atoms with van der Waals surface area (Å²) in [6.45, 7) is 2.72. The molecule has 0 aromatic heterocycles. The van der Waals surface area contributed by atoms with Crippen molar-refractivity contribution in [2.75, 3.05) is 41.4 Å². The van der Waals surface area contributed by atoms with Crippen LogP contribution in [0.5, 0.6) is 11.5 Å². The summed E-state index contributed by atoms with van der Waals surface area (Å²) in [5.74, 6) is -0.363. The quantitative estimate of drug-likeness (QED) is 0.418. The number of ether oxygens (including phenoxy) is 2. The van der Waals surface area contributed by atoms with Crippen molar-refractivity contribution in [3.05, 3.63) is 64.7 Å². The minimum absolute atomic E-state index is 0.0570. The summed E-state index contributed by atoms with van der Waals surface area (Å²) < 4.78 is 10.7. The largest absolute Gasteiger partial charge is 0.507 e. The number of methoxy groups -OCH3 is 2. The van der Waals surface area contributed by atoms with Gasteiger partial charge in [0.1, 0.15) is 17.3 Å².